The number of nitrogens with one attached hydrogen (secondary N) is 1. The molecule has 88 valence electrons. The van der Waals surface area contributed by atoms with Crippen molar-refractivity contribution in [2.45, 2.75) is 58.5 Å². The summed E-state index contributed by atoms with van der Waals surface area (Å²) in [4.78, 5) is 0. The van der Waals surface area contributed by atoms with Crippen LogP contribution in [0.25, 0.3) is 0 Å². The summed E-state index contributed by atoms with van der Waals surface area (Å²) >= 11 is 0. The highest BCUT2D eigenvalue weighted by Gasteiger charge is 2.14. The summed E-state index contributed by atoms with van der Waals surface area (Å²) in [7, 11) is 0. The van der Waals surface area contributed by atoms with E-state index in [0.29, 0.717) is 12.1 Å². The highest BCUT2D eigenvalue weighted by molar-refractivity contribution is 5.36. The Morgan fingerprint density at radius 2 is 1.94 bits per heavy atom. The lowest BCUT2D eigenvalue weighted by molar-refractivity contribution is 0.469. The molecule has 0 heterocycles. The van der Waals surface area contributed by atoms with Gasteiger partial charge in [-0.15, -0.1) is 0 Å². The Bertz CT molecular complexity index is 356. The van der Waals surface area contributed by atoms with Crippen molar-refractivity contribution in [2.75, 3.05) is 0 Å². The molecule has 2 unspecified atom stereocenters. The first-order chi connectivity index (χ1) is 7.70. The van der Waals surface area contributed by atoms with Crippen LogP contribution >= 0.6 is 0 Å². The molecule has 1 aromatic rings. The zero-order valence-electron chi connectivity index (χ0n) is 10.7. The monoisotopic (exact) mass is 217 g/mol. The Morgan fingerprint density at radius 1 is 1.19 bits per heavy atom. The Kier molecular flexibility index (Phi) is 3.65. The Balaban J connectivity index is 2.09. The highest BCUT2D eigenvalue weighted by atomic mass is 14.9. The summed E-state index contributed by atoms with van der Waals surface area (Å²) in [6.45, 7) is 6.75. The van der Waals surface area contributed by atoms with Crippen LogP contribution in [-0.2, 0) is 12.8 Å². The number of hydrogen-bond donors (Lipinski definition) is 1. The minimum Gasteiger partial charge on any atom is -0.308 e. The van der Waals surface area contributed by atoms with Crippen molar-refractivity contribution in [1.29, 1.82) is 0 Å². The van der Waals surface area contributed by atoms with Gasteiger partial charge >= 0.3 is 0 Å². The summed E-state index contributed by atoms with van der Waals surface area (Å²) in [6, 6.07) is 8.10. The van der Waals surface area contributed by atoms with Gasteiger partial charge in [-0.25, -0.2) is 0 Å². The Hall–Kier alpha value is -0.820. The second-order valence-electron chi connectivity index (χ2n) is 5.08. The molecule has 0 amide bonds. The van der Waals surface area contributed by atoms with Crippen LogP contribution < -0.4 is 5.32 Å². The van der Waals surface area contributed by atoms with E-state index >= 15 is 0 Å². The lowest BCUT2D eigenvalue weighted by atomic mass is 10.0. The van der Waals surface area contributed by atoms with E-state index < -0.39 is 0 Å². The first-order valence-corrected chi connectivity index (χ1v) is 6.58. The minimum absolute atomic E-state index is 0.473. The molecule has 0 radical (unpaired) electrons. The van der Waals surface area contributed by atoms with Gasteiger partial charge in [0.1, 0.15) is 0 Å². The standard InChI is InChI=1S/C15H23N/c1-4-11(2)16-12(3)14-9-8-13-6-5-7-15(13)10-14/h8-12,16H,4-7H2,1-3H3. The maximum atomic E-state index is 3.64. The average Bonchev–Trinajstić information content (AvgIpc) is 2.75. The maximum absolute atomic E-state index is 3.64. The molecule has 0 fully saturated rings. The third-order valence-corrected chi connectivity index (χ3v) is 3.77. The number of hydrogen-bond acceptors (Lipinski definition) is 1. The molecule has 2 rings (SSSR count). The third-order valence-electron chi connectivity index (χ3n) is 3.77. The van der Waals surface area contributed by atoms with E-state index in [1.54, 1.807) is 11.1 Å². The molecule has 0 aromatic heterocycles. The summed E-state index contributed by atoms with van der Waals surface area (Å²) in [6.07, 6.45) is 5.09. The normalized spacial score (nSPS) is 18.2. The van der Waals surface area contributed by atoms with Crippen LogP contribution in [0.5, 0.6) is 0 Å². The summed E-state index contributed by atoms with van der Waals surface area (Å²) in [5.74, 6) is 0. The minimum atomic E-state index is 0.473. The van der Waals surface area contributed by atoms with Crippen LogP contribution in [0.1, 0.15) is 56.3 Å². The SMILES string of the molecule is CCC(C)NC(C)c1ccc2c(c1)CCC2. The van der Waals surface area contributed by atoms with Crippen LogP contribution in [0.15, 0.2) is 18.2 Å². The molecular weight excluding hydrogens is 194 g/mol. The van der Waals surface area contributed by atoms with Crippen molar-refractivity contribution < 1.29 is 0 Å². The lowest BCUT2D eigenvalue weighted by Crippen LogP contribution is -2.28. The lowest BCUT2D eigenvalue weighted by Gasteiger charge is -2.19. The highest BCUT2D eigenvalue weighted by Crippen LogP contribution is 2.25. The Labute approximate surface area is 99.3 Å². The van der Waals surface area contributed by atoms with Crippen LogP contribution in [0, 0.1) is 0 Å². The number of benzene rings is 1. The first kappa shape index (κ1) is 11.7. The molecule has 0 bridgehead atoms. The summed E-state index contributed by atoms with van der Waals surface area (Å²) in [5, 5.41) is 3.64. The fourth-order valence-electron chi connectivity index (χ4n) is 2.50. The largest absolute Gasteiger partial charge is 0.308 e. The van der Waals surface area contributed by atoms with Gasteiger partial charge in [0.05, 0.1) is 0 Å². The van der Waals surface area contributed by atoms with E-state index in [1.165, 1.54) is 31.2 Å². The van der Waals surface area contributed by atoms with Crippen LogP contribution in [-0.4, -0.2) is 6.04 Å². The zero-order valence-corrected chi connectivity index (χ0v) is 10.7. The van der Waals surface area contributed by atoms with Gasteiger partial charge in [-0.05, 0) is 56.2 Å². The molecule has 0 saturated heterocycles. The molecular formula is C15H23N. The predicted octanol–water partition coefficient (Wildman–Crippen LogP) is 3.62. The molecule has 1 nitrogen and oxygen atoms in total. The van der Waals surface area contributed by atoms with Crippen molar-refractivity contribution in [3.8, 4) is 0 Å². The van der Waals surface area contributed by atoms with E-state index in [0.717, 1.165) is 0 Å². The van der Waals surface area contributed by atoms with Gasteiger partial charge in [-0.1, -0.05) is 25.1 Å². The molecule has 2 atom stereocenters. The zero-order chi connectivity index (χ0) is 11.5. The molecule has 16 heavy (non-hydrogen) atoms. The predicted molar refractivity (Wildman–Crippen MR) is 69.8 cm³/mol. The van der Waals surface area contributed by atoms with Gasteiger partial charge in [0.2, 0.25) is 0 Å². The average molecular weight is 217 g/mol. The fraction of sp³-hybridized carbons (Fsp3) is 0.600. The van der Waals surface area contributed by atoms with Crippen molar-refractivity contribution >= 4 is 0 Å². The Morgan fingerprint density at radius 3 is 2.69 bits per heavy atom. The maximum Gasteiger partial charge on any atom is 0.0294 e. The van der Waals surface area contributed by atoms with E-state index in [-0.39, 0.29) is 0 Å². The van der Waals surface area contributed by atoms with Gasteiger partial charge in [0, 0.05) is 12.1 Å². The number of fused-ring (bicyclic) bond motifs is 1. The number of aryl methyl sites for hydroxylation is 2. The molecule has 1 N–H and O–H groups in total. The molecule has 0 spiro atoms. The van der Waals surface area contributed by atoms with Crippen LogP contribution in [0.3, 0.4) is 0 Å². The third kappa shape index (κ3) is 2.46. The molecule has 1 aliphatic rings. The smallest absolute Gasteiger partial charge is 0.0294 e. The topological polar surface area (TPSA) is 12.0 Å². The summed E-state index contributed by atoms with van der Waals surface area (Å²) in [5.41, 5.74) is 4.59. The van der Waals surface area contributed by atoms with Crippen LogP contribution in [0.4, 0.5) is 0 Å². The molecule has 0 saturated carbocycles. The molecule has 0 aliphatic heterocycles. The van der Waals surface area contributed by atoms with E-state index in [2.05, 4.69) is 44.3 Å². The van der Waals surface area contributed by atoms with Crippen LogP contribution in [0.2, 0.25) is 0 Å². The molecule has 1 aromatic carbocycles. The van der Waals surface area contributed by atoms with Gasteiger partial charge in [0.25, 0.3) is 0 Å². The van der Waals surface area contributed by atoms with Crippen molar-refractivity contribution in [1.82, 2.24) is 5.32 Å². The van der Waals surface area contributed by atoms with E-state index in [4.69, 9.17) is 0 Å². The van der Waals surface area contributed by atoms with Gasteiger partial charge in [-0.3, -0.25) is 0 Å². The quantitative estimate of drug-likeness (QED) is 0.812. The van der Waals surface area contributed by atoms with Gasteiger partial charge < -0.3 is 5.32 Å². The fourth-order valence-corrected chi connectivity index (χ4v) is 2.50. The second-order valence-corrected chi connectivity index (χ2v) is 5.08. The van der Waals surface area contributed by atoms with Crippen molar-refractivity contribution in [3.05, 3.63) is 34.9 Å². The molecule has 1 heteroatoms. The van der Waals surface area contributed by atoms with E-state index in [9.17, 15) is 0 Å². The number of rotatable bonds is 4. The summed E-state index contributed by atoms with van der Waals surface area (Å²) < 4.78 is 0. The van der Waals surface area contributed by atoms with Gasteiger partial charge in [-0.2, -0.15) is 0 Å². The molecule has 1 aliphatic carbocycles. The second kappa shape index (κ2) is 5.01. The van der Waals surface area contributed by atoms with Crippen molar-refractivity contribution in [3.63, 3.8) is 0 Å². The van der Waals surface area contributed by atoms with Crippen molar-refractivity contribution in [2.24, 2.45) is 0 Å². The van der Waals surface area contributed by atoms with Gasteiger partial charge in [0.15, 0.2) is 0 Å². The van der Waals surface area contributed by atoms with E-state index in [1.807, 2.05) is 0 Å². The first-order valence-electron chi connectivity index (χ1n) is 6.58.